The molecule has 1 amide bonds. The number of rotatable bonds is 9. The number of ether oxygens (including phenoxy) is 1. The molecule has 0 unspecified atom stereocenters. The van der Waals surface area contributed by atoms with Gasteiger partial charge in [0.2, 0.25) is 5.91 Å². The second-order valence-corrected chi connectivity index (χ2v) is 7.27. The smallest absolute Gasteiger partial charge is 0.243 e. The van der Waals surface area contributed by atoms with E-state index in [2.05, 4.69) is 21.9 Å². The summed E-state index contributed by atoms with van der Waals surface area (Å²) in [4.78, 5) is 17.6. The van der Waals surface area contributed by atoms with Crippen LogP contribution in [0.25, 0.3) is 0 Å². The lowest BCUT2D eigenvalue weighted by atomic mass is 10.1. The Bertz CT molecular complexity index is 376. The molecule has 0 aliphatic heterocycles. The number of halogens is 1. The van der Waals surface area contributed by atoms with E-state index in [-0.39, 0.29) is 36.4 Å². The summed E-state index contributed by atoms with van der Waals surface area (Å²) in [6, 6.07) is 0. The van der Waals surface area contributed by atoms with Gasteiger partial charge in [0.25, 0.3) is 0 Å². The molecule has 0 aromatic heterocycles. The van der Waals surface area contributed by atoms with Gasteiger partial charge in [-0.25, -0.2) is 4.99 Å². The van der Waals surface area contributed by atoms with E-state index in [1.807, 2.05) is 0 Å². The number of nitrogens with one attached hydrogen (secondary N) is 2. The molecule has 1 saturated carbocycles. The number of hydrogen-bond acceptors (Lipinski definition) is 4. The van der Waals surface area contributed by atoms with Gasteiger partial charge < -0.3 is 20.3 Å². The molecule has 25 heavy (non-hydrogen) atoms. The van der Waals surface area contributed by atoms with Crippen molar-refractivity contribution in [2.24, 2.45) is 4.99 Å². The van der Waals surface area contributed by atoms with Crippen LogP contribution in [0.2, 0.25) is 0 Å². The van der Waals surface area contributed by atoms with Crippen LogP contribution in [-0.4, -0.2) is 75.2 Å². The first kappa shape index (κ1) is 24.8. The zero-order chi connectivity index (χ0) is 17.6. The molecule has 1 aliphatic carbocycles. The first-order valence-electron chi connectivity index (χ1n) is 8.96. The maximum absolute atomic E-state index is 11.7. The molecule has 6 nitrogen and oxygen atoms in total. The molecule has 0 aromatic rings. The quantitative estimate of drug-likeness (QED) is 0.172. The Balaban J connectivity index is 0.00000576. The highest BCUT2D eigenvalue weighted by Crippen LogP contribution is 2.19. The van der Waals surface area contributed by atoms with E-state index in [9.17, 15) is 4.79 Å². The Labute approximate surface area is 174 Å². The van der Waals surface area contributed by atoms with Crippen LogP contribution in [0.5, 0.6) is 0 Å². The SMILES string of the molecule is CSCCNC(=NCC(=O)N(C)C)NCCOC1CCCCCC1.I. The molecule has 1 aliphatic rings. The lowest BCUT2D eigenvalue weighted by Gasteiger charge is -2.17. The van der Waals surface area contributed by atoms with Gasteiger partial charge in [-0.2, -0.15) is 11.8 Å². The van der Waals surface area contributed by atoms with Crippen molar-refractivity contribution in [3.63, 3.8) is 0 Å². The average molecular weight is 486 g/mol. The number of guanidine groups is 1. The molecule has 148 valence electrons. The molecular weight excluding hydrogens is 451 g/mol. The third kappa shape index (κ3) is 12.7. The van der Waals surface area contributed by atoms with Crippen molar-refractivity contribution in [2.75, 3.05) is 52.3 Å². The van der Waals surface area contributed by atoms with Gasteiger partial charge in [-0.3, -0.25) is 4.79 Å². The average Bonchev–Trinajstić information content (AvgIpc) is 2.84. The molecule has 0 aromatic carbocycles. The van der Waals surface area contributed by atoms with Crippen molar-refractivity contribution in [2.45, 2.75) is 44.6 Å². The standard InChI is InChI=1S/C17H34N4O2S.HI/c1-21(2)16(22)14-20-17(19-11-13-24-3)18-10-12-23-15-8-6-4-5-7-9-15;/h15H,4-14H2,1-3H3,(H2,18,19,20);1H. The van der Waals surface area contributed by atoms with E-state index in [4.69, 9.17) is 4.74 Å². The van der Waals surface area contributed by atoms with E-state index in [1.54, 1.807) is 30.8 Å². The normalized spacial score (nSPS) is 15.9. The summed E-state index contributed by atoms with van der Waals surface area (Å²) >= 11 is 1.78. The Morgan fingerprint density at radius 3 is 2.40 bits per heavy atom. The van der Waals surface area contributed by atoms with Gasteiger partial charge in [0.05, 0.1) is 12.7 Å². The highest BCUT2D eigenvalue weighted by atomic mass is 127. The Kier molecular flexibility index (Phi) is 15.8. The van der Waals surface area contributed by atoms with Crippen LogP contribution in [0.3, 0.4) is 0 Å². The van der Waals surface area contributed by atoms with Crippen LogP contribution in [0.15, 0.2) is 4.99 Å². The highest BCUT2D eigenvalue weighted by molar-refractivity contribution is 14.0. The largest absolute Gasteiger partial charge is 0.376 e. The van der Waals surface area contributed by atoms with Crippen molar-refractivity contribution in [1.82, 2.24) is 15.5 Å². The van der Waals surface area contributed by atoms with Gasteiger partial charge in [-0.1, -0.05) is 25.7 Å². The molecule has 2 N–H and O–H groups in total. The lowest BCUT2D eigenvalue weighted by Crippen LogP contribution is -2.41. The summed E-state index contributed by atoms with van der Waals surface area (Å²) in [6.07, 6.45) is 10.1. The van der Waals surface area contributed by atoms with Crippen molar-refractivity contribution in [3.8, 4) is 0 Å². The number of thioether (sulfide) groups is 1. The molecule has 0 atom stereocenters. The predicted octanol–water partition coefficient (Wildman–Crippen LogP) is 2.33. The summed E-state index contributed by atoms with van der Waals surface area (Å²) < 4.78 is 5.98. The van der Waals surface area contributed by atoms with E-state index in [0.29, 0.717) is 25.2 Å². The fourth-order valence-electron chi connectivity index (χ4n) is 2.54. The summed E-state index contributed by atoms with van der Waals surface area (Å²) in [7, 11) is 3.49. The van der Waals surface area contributed by atoms with Gasteiger partial charge in [-0.15, -0.1) is 24.0 Å². The number of carbonyl (C=O) groups excluding carboxylic acids is 1. The highest BCUT2D eigenvalue weighted by Gasteiger charge is 2.12. The van der Waals surface area contributed by atoms with Crippen LogP contribution in [0, 0.1) is 0 Å². The fourth-order valence-corrected chi connectivity index (χ4v) is 2.84. The zero-order valence-electron chi connectivity index (χ0n) is 15.9. The monoisotopic (exact) mass is 486 g/mol. The Hall–Kier alpha value is -0.220. The molecular formula is C17H35IN4O2S. The lowest BCUT2D eigenvalue weighted by molar-refractivity contribution is -0.127. The number of aliphatic imine (C=N–C) groups is 1. The summed E-state index contributed by atoms with van der Waals surface area (Å²) in [5.41, 5.74) is 0. The van der Waals surface area contributed by atoms with Gasteiger partial charge in [0.15, 0.2) is 5.96 Å². The van der Waals surface area contributed by atoms with E-state index in [1.165, 1.54) is 38.5 Å². The molecule has 8 heteroatoms. The minimum absolute atomic E-state index is 0. The third-order valence-corrected chi connectivity index (χ3v) is 4.63. The van der Waals surface area contributed by atoms with Crippen LogP contribution in [0.1, 0.15) is 38.5 Å². The van der Waals surface area contributed by atoms with Gasteiger partial charge in [0, 0.05) is 32.9 Å². The second kappa shape index (κ2) is 16.0. The van der Waals surface area contributed by atoms with Crippen molar-refractivity contribution >= 4 is 47.6 Å². The Morgan fingerprint density at radius 2 is 1.80 bits per heavy atom. The van der Waals surface area contributed by atoms with Gasteiger partial charge in [0.1, 0.15) is 6.54 Å². The molecule has 0 spiro atoms. The van der Waals surface area contributed by atoms with E-state index in [0.717, 1.165) is 12.3 Å². The minimum atomic E-state index is -0.00401. The van der Waals surface area contributed by atoms with Crippen molar-refractivity contribution in [1.29, 1.82) is 0 Å². The molecule has 0 heterocycles. The number of carbonyl (C=O) groups is 1. The van der Waals surface area contributed by atoms with Crippen molar-refractivity contribution in [3.05, 3.63) is 0 Å². The van der Waals surface area contributed by atoms with Crippen LogP contribution in [-0.2, 0) is 9.53 Å². The van der Waals surface area contributed by atoms with Crippen LogP contribution < -0.4 is 10.6 Å². The number of amides is 1. The zero-order valence-corrected chi connectivity index (χ0v) is 19.0. The topological polar surface area (TPSA) is 66.0 Å². The summed E-state index contributed by atoms with van der Waals surface area (Å²) in [5.74, 6) is 1.68. The van der Waals surface area contributed by atoms with Gasteiger partial charge in [-0.05, 0) is 19.1 Å². The molecule has 1 rings (SSSR count). The third-order valence-electron chi connectivity index (χ3n) is 4.02. The number of likely N-dealkylation sites (N-methyl/N-ethyl adjacent to an activating group) is 1. The van der Waals surface area contributed by atoms with E-state index >= 15 is 0 Å². The van der Waals surface area contributed by atoms with Gasteiger partial charge >= 0.3 is 0 Å². The minimum Gasteiger partial charge on any atom is -0.376 e. The predicted molar refractivity (Wildman–Crippen MR) is 118 cm³/mol. The molecule has 0 bridgehead atoms. The molecule has 0 saturated heterocycles. The van der Waals surface area contributed by atoms with Crippen molar-refractivity contribution < 1.29 is 9.53 Å². The molecule has 0 radical (unpaired) electrons. The number of nitrogens with zero attached hydrogens (tertiary/aromatic N) is 2. The molecule has 1 fully saturated rings. The fraction of sp³-hybridized carbons (Fsp3) is 0.882. The summed E-state index contributed by atoms with van der Waals surface area (Å²) in [6.45, 7) is 2.37. The maximum atomic E-state index is 11.7. The Morgan fingerprint density at radius 1 is 1.16 bits per heavy atom. The first-order chi connectivity index (χ1) is 11.6. The van der Waals surface area contributed by atoms with Crippen LogP contribution in [0.4, 0.5) is 0 Å². The van der Waals surface area contributed by atoms with E-state index < -0.39 is 0 Å². The maximum Gasteiger partial charge on any atom is 0.243 e. The van der Waals surface area contributed by atoms with Crippen LogP contribution >= 0.6 is 35.7 Å². The second-order valence-electron chi connectivity index (χ2n) is 6.28. The number of hydrogen-bond donors (Lipinski definition) is 2. The first-order valence-corrected chi connectivity index (χ1v) is 10.4. The summed E-state index contributed by atoms with van der Waals surface area (Å²) in [5, 5.41) is 6.52.